The van der Waals surface area contributed by atoms with E-state index in [4.69, 9.17) is 0 Å². The van der Waals surface area contributed by atoms with Crippen LogP contribution in [0.4, 0.5) is 5.69 Å². The second-order valence-corrected chi connectivity index (χ2v) is 3.70. The summed E-state index contributed by atoms with van der Waals surface area (Å²) >= 11 is 0. The number of H-pyrrole nitrogens is 1. The lowest BCUT2D eigenvalue weighted by molar-refractivity contribution is -0.386. The van der Waals surface area contributed by atoms with Gasteiger partial charge in [-0.3, -0.25) is 24.5 Å². The van der Waals surface area contributed by atoms with Crippen LogP contribution in [0.2, 0.25) is 0 Å². The van der Waals surface area contributed by atoms with Crippen LogP contribution in [0.25, 0.3) is 0 Å². The van der Waals surface area contributed by atoms with Gasteiger partial charge in [-0.15, -0.1) is 0 Å². The summed E-state index contributed by atoms with van der Waals surface area (Å²) in [5.74, 6) is 0.211. The summed E-state index contributed by atoms with van der Waals surface area (Å²) in [7, 11) is 0. The molecule has 0 aliphatic heterocycles. The summed E-state index contributed by atoms with van der Waals surface area (Å²) in [6.45, 7) is 4.23. The van der Waals surface area contributed by atoms with Gasteiger partial charge in [0.15, 0.2) is 0 Å². The maximum atomic E-state index is 11.4. The highest BCUT2D eigenvalue weighted by Crippen LogP contribution is 2.05. The molecule has 1 aromatic heterocycles. The molecule has 0 aliphatic carbocycles. The normalized spacial score (nSPS) is 12.4. The Bertz CT molecular complexity index is 502. The number of nitrogens with one attached hydrogen (secondary N) is 1. The van der Waals surface area contributed by atoms with Crippen LogP contribution in [0.15, 0.2) is 15.8 Å². The van der Waals surface area contributed by atoms with Gasteiger partial charge in [0.2, 0.25) is 0 Å². The second kappa shape index (κ2) is 4.73. The van der Waals surface area contributed by atoms with Crippen molar-refractivity contribution >= 4 is 5.69 Å². The summed E-state index contributed by atoms with van der Waals surface area (Å²) in [4.78, 5) is 34.1. The predicted molar refractivity (Wildman–Crippen MR) is 57.4 cm³/mol. The van der Waals surface area contributed by atoms with Gasteiger partial charge in [-0.2, -0.15) is 0 Å². The summed E-state index contributed by atoms with van der Waals surface area (Å²) < 4.78 is 1.16. The van der Waals surface area contributed by atoms with Crippen LogP contribution in [0, 0.1) is 16.0 Å². The molecule has 16 heavy (non-hydrogen) atoms. The molecule has 0 amide bonds. The van der Waals surface area contributed by atoms with Crippen molar-refractivity contribution in [3.63, 3.8) is 0 Å². The second-order valence-electron chi connectivity index (χ2n) is 3.70. The van der Waals surface area contributed by atoms with Gasteiger partial charge in [0, 0.05) is 6.54 Å². The third-order valence-electron chi connectivity index (χ3n) is 2.39. The van der Waals surface area contributed by atoms with Crippen LogP contribution < -0.4 is 11.2 Å². The Balaban J connectivity index is 3.20. The Morgan fingerprint density at radius 3 is 2.69 bits per heavy atom. The number of hydrogen-bond donors (Lipinski definition) is 1. The van der Waals surface area contributed by atoms with Crippen molar-refractivity contribution in [1.29, 1.82) is 0 Å². The Morgan fingerprint density at radius 1 is 1.56 bits per heavy atom. The molecule has 1 aromatic rings. The first-order valence-electron chi connectivity index (χ1n) is 4.93. The van der Waals surface area contributed by atoms with Gasteiger partial charge in [0.1, 0.15) is 0 Å². The van der Waals surface area contributed by atoms with Crippen molar-refractivity contribution in [1.82, 2.24) is 9.55 Å². The molecule has 88 valence electrons. The highest BCUT2D eigenvalue weighted by atomic mass is 16.6. The lowest BCUT2D eigenvalue weighted by atomic mass is 10.1. The zero-order chi connectivity index (χ0) is 12.3. The van der Waals surface area contributed by atoms with E-state index < -0.39 is 21.9 Å². The topological polar surface area (TPSA) is 98.0 Å². The third kappa shape index (κ3) is 2.56. The number of nitrogens with zero attached hydrogens (tertiary/aromatic N) is 2. The van der Waals surface area contributed by atoms with E-state index in [-0.39, 0.29) is 5.92 Å². The van der Waals surface area contributed by atoms with Crippen molar-refractivity contribution in [2.24, 2.45) is 5.92 Å². The van der Waals surface area contributed by atoms with E-state index in [1.807, 2.05) is 18.8 Å². The largest absolute Gasteiger partial charge is 0.350 e. The number of aromatic amines is 1. The molecule has 0 aliphatic rings. The number of hydrogen-bond acceptors (Lipinski definition) is 4. The standard InChI is InChI=1S/C9H13N3O4/c1-3-6(2)4-11-5-7(12(15)16)8(13)10-9(11)14/h5-6H,3-4H2,1-2H3,(H,10,13,14). The Kier molecular flexibility index (Phi) is 3.60. The number of nitro groups is 1. The van der Waals surface area contributed by atoms with E-state index in [0.717, 1.165) is 17.2 Å². The van der Waals surface area contributed by atoms with Gasteiger partial charge in [0.25, 0.3) is 0 Å². The van der Waals surface area contributed by atoms with Crippen molar-refractivity contribution < 1.29 is 4.92 Å². The summed E-state index contributed by atoms with van der Waals surface area (Å²) in [6.07, 6.45) is 1.84. The summed E-state index contributed by atoms with van der Waals surface area (Å²) in [5.41, 5.74) is -2.19. The predicted octanol–water partition coefficient (Wildman–Crippen LogP) is 0.491. The molecule has 0 aromatic carbocycles. The number of aromatic nitrogens is 2. The van der Waals surface area contributed by atoms with E-state index in [0.29, 0.717) is 6.54 Å². The Labute approximate surface area is 90.9 Å². The molecule has 1 N–H and O–H groups in total. The molecule has 0 fully saturated rings. The average molecular weight is 227 g/mol. The summed E-state index contributed by atoms with van der Waals surface area (Å²) in [6, 6.07) is 0. The van der Waals surface area contributed by atoms with Crippen LogP contribution in [0.5, 0.6) is 0 Å². The molecule has 1 unspecified atom stereocenters. The zero-order valence-electron chi connectivity index (χ0n) is 9.10. The van der Waals surface area contributed by atoms with Gasteiger partial charge < -0.3 is 0 Å². The Hall–Kier alpha value is -1.92. The lowest BCUT2D eigenvalue weighted by Crippen LogP contribution is -2.32. The fourth-order valence-corrected chi connectivity index (χ4v) is 1.23. The maximum absolute atomic E-state index is 11.4. The first kappa shape index (κ1) is 12.2. The SMILES string of the molecule is CCC(C)Cn1cc([N+](=O)[O-])c(=O)[nH]c1=O. The fraction of sp³-hybridized carbons (Fsp3) is 0.556. The molecule has 7 nitrogen and oxygen atoms in total. The van der Waals surface area contributed by atoms with Gasteiger partial charge >= 0.3 is 16.9 Å². The van der Waals surface area contributed by atoms with E-state index in [2.05, 4.69) is 0 Å². The average Bonchev–Trinajstić information content (AvgIpc) is 2.21. The minimum absolute atomic E-state index is 0.211. The molecule has 0 bridgehead atoms. The van der Waals surface area contributed by atoms with Gasteiger partial charge in [-0.1, -0.05) is 20.3 Å². The van der Waals surface area contributed by atoms with E-state index in [9.17, 15) is 19.7 Å². The van der Waals surface area contributed by atoms with Crippen molar-refractivity contribution in [2.45, 2.75) is 26.8 Å². The smallest absolute Gasteiger partial charge is 0.293 e. The van der Waals surface area contributed by atoms with Crippen LogP contribution >= 0.6 is 0 Å². The summed E-state index contributed by atoms with van der Waals surface area (Å²) in [5, 5.41) is 10.5. The maximum Gasteiger partial charge on any atom is 0.350 e. The molecular formula is C9H13N3O4. The highest BCUT2D eigenvalue weighted by molar-refractivity contribution is 5.20. The van der Waals surface area contributed by atoms with Crippen molar-refractivity contribution in [2.75, 3.05) is 0 Å². The monoisotopic (exact) mass is 227 g/mol. The zero-order valence-corrected chi connectivity index (χ0v) is 9.10. The molecule has 0 radical (unpaired) electrons. The minimum atomic E-state index is -0.963. The fourth-order valence-electron chi connectivity index (χ4n) is 1.23. The first-order valence-corrected chi connectivity index (χ1v) is 4.93. The lowest BCUT2D eigenvalue weighted by Gasteiger charge is -2.09. The quantitative estimate of drug-likeness (QED) is 0.597. The van der Waals surface area contributed by atoms with Crippen LogP contribution in [0.3, 0.4) is 0 Å². The van der Waals surface area contributed by atoms with Crippen LogP contribution in [-0.4, -0.2) is 14.5 Å². The van der Waals surface area contributed by atoms with E-state index in [1.165, 1.54) is 0 Å². The molecule has 0 saturated heterocycles. The van der Waals surface area contributed by atoms with Gasteiger partial charge in [-0.05, 0) is 5.92 Å². The molecular weight excluding hydrogens is 214 g/mol. The van der Waals surface area contributed by atoms with Crippen molar-refractivity contribution in [3.05, 3.63) is 37.1 Å². The molecule has 1 heterocycles. The van der Waals surface area contributed by atoms with Crippen LogP contribution in [0.1, 0.15) is 20.3 Å². The molecule has 0 saturated carbocycles. The van der Waals surface area contributed by atoms with Crippen LogP contribution in [-0.2, 0) is 6.54 Å². The Morgan fingerprint density at radius 2 is 2.19 bits per heavy atom. The molecule has 0 spiro atoms. The van der Waals surface area contributed by atoms with E-state index >= 15 is 0 Å². The minimum Gasteiger partial charge on any atom is -0.293 e. The van der Waals surface area contributed by atoms with Gasteiger partial charge in [0.05, 0.1) is 11.1 Å². The highest BCUT2D eigenvalue weighted by Gasteiger charge is 2.15. The third-order valence-corrected chi connectivity index (χ3v) is 2.39. The van der Waals surface area contributed by atoms with Gasteiger partial charge in [-0.25, -0.2) is 4.79 Å². The van der Waals surface area contributed by atoms with E-state index in [1.54, 1.807) is 0 Å². The first-order chi connectivity index (χ1) is 7.45. The number of rotatable bonds is 4. The van der Waals surface area contributed by atoms with Crippen molar-refractivity contribution in [3.8, 4) is 0 Å². The molecule has 1 rings (SSSR count). The molecule has 7 heteroatoms. The molecule has 1 atom stereocenters.